The molecule has 1 aliphatic heterocycles. The first-order valence-corrected chi connectivity index (χ1v) is 6.72. The van der Waals surface area contributed by atoms with E-state index >= 15 is 0 Å². The summed E-state index contributed by atoms with van der Waals surface area (Å²) in [4.78, 5) is 11.4. The first kappa shape index (κ1) is 12.3. The lowest BCUT2D eigenvalue weighted by atomic mass is 10.1. The van der Waals surface area contributed by atoms with Gasteiger partial charge >= 0.3 is 0 Å². The van der Waals surface area contributed by atoms with Crippen LogP contribution in [0.15, 0.2) is 6.20 Å². The predicted octanol–water partition coefficient (Wildman–Crippen LogP) is 1.18. The molecule has 102 valence electrons. The molecule has 1 aliphatic rings. The third-order valence-electron chi connectivity index (χ3n) is 3.93. The molecule has 2 N–H and O–H groups in total. The van der Waals surface area contributed by atoms with Gasteiger partial charge < -0.3 is 5.73 Å². The van der Waals surface area contributed by atoms with Crippen molar-refractivity contribution in [2.24, 2.45) is 13.0 Å². The third kappa shape index (κ3) is 2.16. The summed E-state index contributed by atoms with van der Waals surface area (Å²) in [5.74, 6) is 2.05. The first-order valence-electron chi connectivity index (χ1n) is 6.72. The van der Waals surface area contributed by atoms with Gasteiger partial charge in [-0.3, -0.25) is 9.58 Å². The summed E-state index contributed by atoms with van der Waals surface area (Å²) in [6.07, 6.45) is 2.96. The standard InChI is InChI=1S/C13H20N6/c1-8-4-9(2)19(6-8)7-11-16-12(14)10-5-15-18(3)13(10)17-11/h5,8-9H,4,6-7H2,1-3H3,(H2,14,16,17). The summed E-state index contributed by atoms with van der Waals surface area (Å²) in [7, 11) is 1.87. The second-order valence-corrected chi connectivity index (χ2v) is 5.65. The van der Waals surface area contributed by atoms with Gasteiger partial charge in [0.25, 0.3) is 0 Å². The van der Waals surface area contributed by atoms with E-state index in [4.69, 9.17) is 5.73 Å². The van der Waals surface area contributed by atoms with Crippen molar-refractivity contribution < 1.29 is 0 Å². The summed E-state index contributed by atoms with van der Waals surface area (Å²) in [5, 5.41) is 5.00. The first-order chi connectivity index (χ1) is 9.04. The van der Waals surface area contributed by atoms with Gasteiger partial charge in [0.15, 0.2) is 5.65 Å². The Balaban J connectivity index is 1.91. The van der Waals surface area contributed by atoms with Crippen molar-refractivity contribution in [2.75, 3.05) is 12.3 Å². The predicted molar refractivity (Wildman–Crippen MR) is 74.4 cm³/mol. The summed E-state index contributed by atoms with van der Waals surface area (Å²) in [6, 6.07) is 0.585. The van der Waals surface area contributed by atoms with Crippen molar-refractivity contribution in [1.29, 1.82) is 0 Å². The van der Waals surface area contributed by atoms with Crippen molar-refractivity contribution in [3.05, 3.63) is 12.0 Å². The smallest absolute Gasteiger partial charge is 0.163 e. The zero-order valence-corrected chi connectivity index (χ0v) is 11.7. The zero-order valence-electron chi connectivity index (χ0n) is 11.7. The normalized spacial score (nSPS) is 24.4. The number of rotatable bonds is 2. The van der Waals surface area contributed by atoms with E-state index < -0.39 is 0 Å². The Morgan fingerprint density at radius 2 is 2.16 bits per heavy atom. The summed E-state index contributed by atoms with van der Waals surface area (Å²) in [5.41, 5.74) is 6.79. The van der Waals surface area contributed by atoms with Crippen molar-refractivity contribution in [2.45, 2.75) is 32.9 Å². The monoisotopic (exact) mass is 260 g/mol. The summed E-state index contributed by atoms with van der Waals surface area (Å²) < 4.78 is 1.74. The van der Waals surface area contributed by atoms with Gasteiger partial charge in [-0.2, -0.15) is 5.10 Å². The molecule has 2 atom stereocenters. The van der Waals surface area contributed by atoms with Crippen LogP contribution in [0.25, 0.3) is 11.0 Å². The average Bonchev–Trinajstić information content (AvgIpc) is 2.84. The van der Waals surface area contributed by atoms with Gasteiger partial charge in [-0.25, -0.2) is 9.97 Å². The Kier molecular flexibility index (Phi) is 2.89. The molecule has 0 aromatic carbocycles. The number of nitrogen functional groups attached to an aromatic ring is 1. The molecule has 6 nitrogen and oxygen atoms in total. The van der Waals surface area contributed by atoms with Crippen molar-refractivity contribution in [3.63, 3.8) is 0 Å². The van der Waals surface area contributed by atoms with Gasteiger partial charge in [-0.1, -0.05) is 6.92 Å². The fourth-order valence-electron chi connectivity index (χ4n) is 2.95. The number of likely N-dealkylation sites (tertiary alicyclic amines) is 1. The molecule has 3 heterocycles. The lowest BCUT2D eigenvalue weighted by molar-refractivity contribution is 0.250. The Morgan fingerprint density at radius 3 is 2.84 bits per heavy atom. The SMILES string of the molecule is CC1CC(C)N(Cc2nc(N)c3cnn(C)c3n2)C1. The Bertz CT molecular complexity index is 604. The lowest BCUT2D eigenvalue weighted by Crippen LogP contribution is -2.27. The fraction of sp³-hybridized carbons (Fsp3) is 0.615. The molecule has 0 radical (unpaired) electrons. The fourth-order valence-corrected chi connectivity index (χ4v) is 2.95. The molecule has 2 aromatic rings. The number of hydrogen-bond donors (Lipinski definition) is 1. The van der Waals surface area contributed by atoms with E-state index in [1.807, 2.05) is 7.05 Å². The molecule has 19 heavy (non-hydrogen) atoms. The van der Waals surface area contributed by atoms with Crippen molar-refractivity contribution in [1.82, 2.24) is 24.6 Å². The number of fused-ring (bicyclic) bond motifs is 1. The summed E-state index contributed by atoms with van der Waals surface area (Å²) >= 11 is 0. The number of nitrogens with two attached hydrogens (primary N) is 1. The highest BCUT2D eigenvalue weighted by molar-refractivity contribution is 5.84. The Morgan fingerprint density at radius 1 is 1.37 bits per heavy atom. The van der Waals surface area contributed by atoms with E-state index in [0.29, 0.717) is 11.9 Å². The number of nitrogens with zero attached hydrogens (tertiary/aromatic N) is 5. The second-order valence-electron chi connectivity index (χ2n) is 5.65. The molecule has 2 unspecified atom stereocenters. The van der Waals surface area contributed by atoms with E-state index in [-0.39, 0.29) is 0 Å². The highest BCUT2D eigenvalue weighted by Crippen LogP contribution is 2.24. The van der Waals surface area contributed by atoms with E-state index in [1.54, 1.807) is 10.9 Å². The van der Waals surface area contributed by atoms with Gasteiger partial charge in [-0.15, -0.1) is 0 Å². The third-order valence-corrected chi connectivity index (χ3v) is 3.93. The second kappa shape index (κ2) is 4.45. The van der Waals surface area contributed by atoms with Crippen LogP contribution in [0.4, 0.5) is 5.82 Å². The van der Waals surface area contributed by atoms with Crippen LogP contribution >= 0.6 is 0 Å². The van der Waals surface area contributed by atoms with Crippen LogP contribution in [-0.4, -0.2) is 37.2 Å². The summed E-state index contributed by atoms with van der Waals surface area (Å²) in [6.45, 7) is 6.41. The maximum Gasteiger partial charge on any atom is 0.163 e. The molecule has 6 heteroatoms. The highest BCUT2D eigenvalue weighted by Gasteiger charge is 2.26. The van der Waals surface area contributed by atoms with Gasteiger partial charge in [0, 0.05) is 19.6 Å². The van der Waals surface area contributed by atoms with E-state index in [2.05, 4.69) is 33.8 Å². The average molecular weight is 260 g/mol. The van der Waals surface area contributed by atoms with Crippen LogP contribution in [0.1, 0.15) is 26.1 Å². The highest BCUT2D eigenvalue weighted by atomic mass is 15.3. The topological polar surface area (TPSA) is 72.9 Å². The zero-order chi connectivity index (χ0) is 13.6. The van der Waals surface area contributed by atoms with E-state index in [9.17, 15) is 0 Å². The van der Waals surface area contributed by atoms with Crippen LogP contribution in [0.3, 0.4) is 0 Å². The van der Waals surface area contributed by atoms with Crippen molar-refractivity contribution in [3.8, 4) is 0 Å². The van der Waals surface area contributed by atoms with Crippen molar-refractivity contribution >= 4 is 16.9 Å². The molecule has 0 saturated carbocycles. The van der Waals surface area contributed by atoms with Crippen LogP contribution in [0.5, 0.6) is 0 Å². The Hall–Kier alpha value is -1.69. The van der Waals surface area contributed by atoms with Gasteiger partial charge in [-0.05, 0) is 19.3 Å². The minimum atomic E-state index is 0.521. The van der Waals surface area contributed by atoms with Gasteiger partial charge in [0.1, 0.15) is 11.6 Å². The maximum atomic E-state index is 5.98. The molecule has 1 fully saturated rings. The van der Waals surface area contributed by atoms with Crippen LogP contribution < -0.4 is 5.73 Å². The van der Waals surface area contributed by atoms with E-state index in [1.165, 1.54) is 6.42 Å². The van der Waals surface area contributed by atoms with Gasteiger partial charge in [0.2, 0.25) is 0 Å². The lowest BCUT2D eigenvalue weighted by Gasteiger charge is -2.19. The molecular weight excluding hydrogens is 240 g/mol. The van der Waals surface area contributed by atoms with Crippen LogP contribution in [-0.2, 0) is 13.6 Å². The quantitative estimate of drug-likeness (QED) is 0.877. The largest absolute Gasteiger partial charge is 0.383 e. The number of anilines is 1. The molecule has 0 bridgehead atoms. The molecule has 0 spiro atoms. The minimum Gasteiger partial charge on any atom is -0.383 e. The molecule has 1 saturated heterocycles. The number of hydrogen-bond acceptors (Lipinski definition) is 5. The van der Waals surface area contributed by atoms with Gasteiger partial charge in [0.05, 0.1) is 18.1 Å². The number of aryl methyl sites for hydroxylation is 1. The maximum absolute atomic E-state index is 5.98. The van der Waals surface area contributed by atoms with E-state index in [0.717, 1.165) is 35.9 Å². The molecule has 0 amide bonds. The molecule has 0 aliphatic carbocycles. The molecule has 3 rings (SSSR count). The number of aromatic nitrogens is 4. The minimum absolute atomic E-state index is 0.521. The molecular formula is C13H20N6. The van der Waals surface area contributed by atoms with Crippen LogP contribution in [0, 0.1) is 5.92 Å². The van der Waals surface area contributed by atoms with Crippen LogP contribution in [0.2, 0.25) is 0 Å². The molecule has 2 aromatic heterocycles. The Labute approximate surface area is 112 Å².